The summed E-state index contributed by atoms with van der Waals surface area (Å²) in [5.41, 5.74) is 5.87. The summed E-state index contributed by atoms with van der Waals surface area (Å²) in [7, 11) is 0. The van der Waals surface area contributed by atoms with Crippen LogP contribution in [0.25, 0.3) is 0 Å². The first-order valence-electron chi connectivity index (χ1n) is 13.6. The van der Waals surface area contributed by atoms with Gasteiger partial charge in [0, 0.05) is 57.1 Å². The van der Waals surface area contributed by atoms with E-state index in [9.17, 15) is 4.79 Å². The minimum atomic E-state index is 0.105. The molecule has 1 saturated heterocycles. The van der Waals surface area contributed by atoms with E-state index >= 15 is 0 Å². The molecule has 2 aromatic carbocycles. The van der Waals surface area contributed by atoms with Crippen LogP contribution in [0, 0.1) is 5.92 Å². The molecule has 5 nitrogen and oxygen atoms in total. The monoisotopic (exact) mass is 486 g/mol. The first-order valence-corrected chi connectivity index (χ1v) is 13.6. The van der Waals surface area contributed by atoms with Crippen LogP contribution in [0.15, 0.2) is 72.3 Å². The summed E-state index contributed by atoms with van der Waals surface area (Å²) >= 11 is 0. The lowest BCUT2D eigenvalue weighted by Gasteiger charge is -2.36. The third-order valence-corrected chi connectivity index (χ3v) is 7.32. The molecule has 2 atom stereocenters. The fourth-order valence-corrected chi connectivity index (χ4v) is 5.32. The maximum Gasteiger partial charge on any atom is 0.253 e. The molecule has 1 fully saturated rings. The summed E-state index contributed by atoms with van der Waals surface area (Å²) in [6, 6.07) is 17.3. The lowest BCUT2D eigenvalue weighted by molar-refractivity contribution is 0.0773. The van der Waals surface area contributed by atoms with Crippen molar-refractivity contribution in [1.29, 1.82) is 0 Å². The topological polar surface area (TPSA) is 47.6 Å². The van der Waals surface area contributed by atoms with Crippen molar-refractivity contribution in [2.24, 2.45) is 5.92 Å². The summed E-state index contributed by atoms with van der Waals surface area (Å²) in [5, 5.41) is 7.13. The van der Waals surface area contributed by atoms with Gasteiger partial charge in [-0.3, -0.25) is 9.69 Å². The van der Waals surface area contributed by atoms with Gasteiger partial charge in [-0.1, -0.05) is 55.0 Å². The van der Waals surface area contributed by atoms with Crippen LogP contribution >= 0.6 is 0 Å². The van der Waals surface area contributed by atoms with Gasteiger partial charge in [0.05, 0.1) is 6.04 Å². The molecule has 1 heterocycles. The number of nitrogens with one attached hydrogen (secondary N) is 2. The molecule has 0 bridgehead atoms. The molecule has 36 heavy (non-hydrogen) atoms. The molecule has 1 aliphatic heterocycles. The number of amides is 1. The lowest BCUT2D eigenvalue weighted by Crippen LogP contribution is -2.45. The second-order valence-corrected chi connectivity index (χ2v) is 9.95. The average Bonchev–Trinajstić information content (AvgIpc) is 2.91. The summed E-state index contributed by atoms with van der Waals surface area (Å²) < 4.78 is 0. The van der Waals surface area contributed by atoms with E-state index in [-0.39, 0.29) is 11.9 Å². The number of hydrogen-bond acceptors (Lipinski definition) is 4. The second kappa shape index (κ2) is 12.9. The van der Waals surface area contributed by atoms with Crippen LogP contribution in [0.4, 0.5) is 5.69 Å². The second-order valence-electron chi connectivity index (χ2n) is 9.95. The van der Waals surface area contributed by atoms with Crippen LogP contribution in [-0.4, -0.2) is 61.5 Å². The minimum Gasteiger partial charge on any atom is -0.385 e. The van der Waals surface area contributed by atoms with Crippen LogP contribution in [0.2, 0.25) is 0 Å². The van der Waals surface area contributed by atoms with Gasteiger partial charge < -0.3 is 15.5 Å². The van der Waals surface area contributed by atoms with E-state index in [0.29, 0.717) is 5.92 Å². The van der Waals surface area contributed by atoms with Crippen LogP contribution < -0.4 is 10.6 Å². The molecule has 1 amide bonds. The van der Waals surface area contributed by atoms with Gasteiger partial charge in [-0.25, -0.2) is 0 Å². The van der Waals surface area contributed by atoms with Crippen molar-refractivity contribution in [1.82, 2.24) is 15.1 Å². The van der Waals surface area contributed by atoms with Crippen LogP contribution in [0.1, 0.15) is 61.1 Å². The van der Waals surface area contributed by atoms with E-state index in [1.807, 2.05) is 30.9 Å². The lowest BCUT2D eigenvalue weighted by atomic mass is 9.94. The number of benzene rings is 2. The Balaban J connectivity index is 1.52. The van der Waals surface area contributed by atoms with E-state index in [1.165, 1.54) is 16.7 Å². The van der Waals surface area contributed by atoms with Crippen LogP contribution in [0.3, 0.4) is 0 Å². The van der Waals surface area contributed by atoms with Crippen molar-refractivity contribution in [2.75, 3.05) is 51.1 Å². The molecule has 5 heteroatoms. The highest BCUT2D eigenvalue weighted by Gasteiger charge is 2.24. The number of nitrogens with zero attached hydrogens (tertiary/aromatic N) is 2. The highest BCUT2D eigenvalue weighted by atomic mass is 16.2. The number of anilines is 1. The van der Waals surface area contributed by atoms with Gasteiger partial charge in [-0.05, 0) is 68.0 Å². The predicted octanol–water partition coefficient (Wildman–Crippen LogP) is 5.49. The molecule has 1 aliphatic carbocycles. The molecule has 0 radical (unpaired) electrons. The summed E-state index contributed by atoms with van der Waals surface area (Å²) in [5.74, 6) is 0.746. The number of carbonyl (C=O) groups excluding carboxylic acids is 1. The Kier molecular flexibility index (Phi) is 9.37. The zero-order valence-electron chi connectivity index (χ0n) is 22.2. The van der Waals surface area contributed by atoms with E-state index < -0.39 is 0 Å². The maximum absolute atomic E-state index is 12.8. The maximum atomic E-state index is 12.8. The molecule has 2 N–H and O–H groups in total. The largest absolute Gasteiger partial charge is 0.385 e. The summed E-state index contributed by atoms with van der Waals surface area (Å²) in [6.45, 7) is 12.7. The molecule has 0 saturated carbocycles. The number of allylic oxidation sites excluding steroid dienone is 3. The molecule has 0 aromatic heterocycles. The van der Waals surface area contributed by atoms with Crippen molar-refractivity contribution in [3.63, 3.8) is 0 Å². The minimum absolute atomic E-state index is 0.105. The summed E-state index contributed by atoms with van der Waals surface area (Å²) in [6.07, 6.45) is 9.14. The van der Waals surface area contributed by atoms with E-state index in [4.69, 9.17) is 0 Å². The first kappa shape index (κ1) is 26.2. The Morgan fingerprint density at radius 3 is 2.53 bits per heavy atom. The number of hydrogen-bond donors (Lipinski definition) is 2. The van der Waals surface area contributed by atoms with Gasteiger partial charge in [-0.2, -0.15) is 0 Å². The SMILES string of the molecule is CCN(CC)C(=O)c1ccc([C@H](c2cccc(NCCC3=CC(C)CC=C3)c2)N2CCNCC2)cc1. The highest BCUT2D eigenvalue weighted by molar-refractivity contribution is 5.94. The average molecular weight is 487 g/mol. The van der Waals surface area contributed by atoms with Gasteiger partial charge in [0.25, 0.3) is 5.91 Å². The third kappa shape index (κ3) is 6.65. The quantitative estimate of drug-likeness (QED) is 0.466. The van der Waals surface area contributed by atoms with Gasteiger partial charge in [0.1, 0.15) is 0 Å². The Hall–Kier alpha value is -2.89. The Morgan fingerprint density at radius 1 is 1.08 bits per heavy atom. The Labute approximate surface area is 217 Å². The number of rotatable bonds is 10. The summed E-state index contributed by atoms with van der Waals surface area (Å²) in [4.78, 5) is 17.3. The van der Waals surface area contributed by atoms with Crippen molar-refractivity contribution >= 4 is 11.6 Å². The van der Waals surface area contributed by atoms with Crippen molar-refractivity contribution in [3.8, 4) is 0 Å². The Morgan fingerprint density at radius 2 is 1.83 bits per heavy atom. The zero-order valence-corrected chi connectivity index (χ0v) is 22.2. The van der Waals surface area contributed by atoms with Gasteiger partial charge in [0.15, 0.2) is 0 Å². The molecule has 0 spiro atoms. The molecule has 1 unspecified atom stereocenters. The molecular formula is C31H42N4O. The zero-order chi connectivity index (χ0) is 25.3. The van der Waals surface area contributed by atoms with Gasteiger partial charge >= 0.3 is 0 Å². The predicted molar refractivity (Wildman–Crippen MR) is 151 cm³/mol. The van der Waals surface area contributed by atoms with E-state index in [0.717, 1.165) is 69.9 Å². The van der Waals surface area contributed by atoms with Crippen molar-refractivity contribution in [2.45, 2.75) is 39.7 Å². The van der Waals surface area contributed by atoms with E-state index in [2.05, 4.69) is 77.1 Å². The molecule has 2 aliphatic rings. The Bertz CT molecular complexity index is 1050. The van der Waals surface area contributed by atoms with Gasteiger partial charge in [-0.15, -0.1) is 0 Å². The van der Waals surface area contributed by atoms with Crippen molar-refractivity contribution < 1.29 is 4.79 Å². The van der Waals surface area contributed by atoms with Gasteiger partial charge in [0.2, 0.25) is 0 Å². The molecule has 192 valence electrons. The molecule has 2 aromatic rings. The highest BCUT2D eigenvalue weighted by Crippen LogP contribution is 2.31. The van der Waals surface area contributed by atoms with Crippen molar-refractivity contribution in [3.05, 3.63) is 89.0 Å². The smallest absolute Gasteiger partial charge is 0.253 e. The fourth-order valence-electron chi connectivity index (χ4n) is 5.32. The van der Waals surface area contributed by atoms with Crippen LogP contribution in [-0.2, 0) is 0 Å². The number of piperazine rings is 1. The number of carbonyl (C=O) groups is 1. The normalized spacial score (nSPS) is 19.0. The molecular weight excluding hydrogens is 444 g/mol. The first-order chi connectivity index (χ1) is 17.6. The van der Waals surface area contributed by atoms with E-state index in [1.54, 1.807) is 0 Å². The standard InChI is InChI=1S/C31H42N4O/c1-4-34(5-2)31(36)27-14-12-26(13-15-27)30(35-20-18-32-19-21-35)28-10-7-11-29(23-28)33-17-16-25-9-6-8-24(3)22-25/h6-7,9-15,22-24,30,32-33H,4-5,8,16-21H2,1-3H3/t24?,30-/m1/s1. The third-order valence-electron chi connectivity index (χ3n) is 7.32. The molecule has 4 rings (SSSR count). The fraction of sp³-hybridized carbons (Fsp3) is 0.452. The van der Waals surface area contributed by atoms with Crippen LogP contribution in [0.5, 0.6) is 0 Å².